The maximum Gasteiger partial charge on any atom is 0.165 e. The van der Waals surface area contributed by atoms with Gasteiger partial charge in [-0.25, -0.2) is 15.0 Å². The van der Waals surface area contributed by atoms with Crippen LogP contribution < -0.4 is 0 Å². The molecule has 0 bridgehead atoms. The monoisotopic (exact) mass is 717 g/mol. The van der Waals surface area contributed by atoms with Crippen molar-refractivity contribution >= 4 is 63.8 Å². The van der Waals surface area contributed by atoms with Crippen molar-refractivity contribution in [1.29, 1.82) is 0 Å². The highest BCUT2D eigenvalue weighted by Crippen LogP contribution is 2.44. The molecule has 0 aliphatic carbocycles. The van der Waals surface area contributed by atoms with Gasteiger partial charge in [-0.3, -0.25) is 0 Å². The first-order valence-corrected chi connectivity index (χ1v) is 19.3. The second-order valence-corrected chi connectivity index (χ2v) is 14.9. The van der Waals surface area contributed by atoms with E-state index >= 15 is 0 Å². The van der Waals surface area contributed by atoms with Crippen LogP contribution in [0.15, 0.2) is 188 Å². The summed E-state index contributed by atoms with van der Waals surface area (Å²) >= 11 is 1.79. The Kier molecular flexibility index (Phi) is 7.35. The number of hydrogen-bond donors (Lipinski definition) is 0. The van der Waals surface area contributed by atoms with Gasteiger partial charge in [0.2, 0.25) is 0 Å². The zero-order valence-electron chi connectivity index (χ0n) is 29.6. The summed E-state index contributed by atoms with van der Waals surface area (Å²) in [5, 5.41) is 9.44. The topological polar surface area (TPSA) is 38.7 Å². The average Bonchev–Trinajstić information content (AvgIpc) is 3.64. The van der Waals surface area contributed by atoms with Crippen LogP contribution in [0.3, 0.4) is 0 Å². The quantitative estimate of drug-likeness (QED) is 0.178. The highest BCUT2D eigenvalue weighted by Gasteiger charge is 2.22. The van der Waals surface area contributed by atoms with Crippen LogP contribution in [-0.4, -0.2) is 15.0 Å². The van der Waals surface area contributed by atoms with Gasteiger partial charge in [0.1, 0.15) is 0 Å². The predicted octanol–water partition coefficient (Wildman–Crippen LogP) is 14.0. The van der Waals surface area contributed by atoms with E-state index in [2.05, 4.69) is 188 Å². The Hall–Kier alpha value is -7.01. The van der Waals surface area contributed by atoms with Crippen LogP contribution in [0.25, 0.3) is 109 Å². The van der Waals surface area contributed by atoms with E-state index in [4.69, 9.17) is 15.0 Å². The van der Waals surface area contributed by atoms with E-state index in [1.165, 1.54) is 41.7 Å². The Morgan fingerprint density at radius 3 is 1.45 bits per heavy atom. The first-order chi connectivity index (χ1) is 27.3. The van der Waals surface area contributed by atoms with E-state index in [1.807, 2.05) is 0 Å². The van der Waals surface area contributed by atoms with Crippen LogP contribution >= 0.6 is 11.3 Å². The number of fused-ring (bicyclic) bond motifs is 6. The van der Waals surface area contributed by atoms with E-state index in [0.29, 0.717) is 17.5 Å². The molecule has 11 rings (SSSR count). The van der Waals surface area contributed by atoms with Gasteiger partial charge in [-0.2, -0.15) is 0 Å². The van der Waals surface area contributed by atoms with Crippen molar-refractivity contribution in [3.05, 3.63) is 188 Å². The molecule has 0 spiro atoms. The summed E-state index contributed by atoms with van der Waals surface area (Å²) in [7, 11) is 0. The van der Waals surface area contributed by atoms with Gasteiger partial charge < -0.3 is 0 Å². The highest BCUT2D eigenvalue weighted by atomic mass is 32.1. The molecule has 0 fully saturated rings. The SMILES string of the molecule is c1ccc(-c2cccc3ccccc23)c(-c2nc(-c3c(-c4cccc5ccccc45)ccc4ccccc34)nc(-c3cccc4c3sc3ccccc34)n2)c1. The molecule has 4 heteroatoms. The van der Waals surface area contributed by atoms with Crippen LogP contribution in [-0.2, 0) is 0 Å². The van der Waals surface area contributed by atoms with Crippen molar-refractivity contribution < 1.29 is 0 Å². The standard InChI is InChI=1S/C51H31N3S/c1-4-19-35-32(14-1)17-11-25-38(35)40-22-7-8-24-44(40)49-52-50(45-28-13-27-43-41-23-9-10-29-46(41)55-48(43)45)54-51(53-49)47-37-21-6-3-16-34(37)30-31-42(47)39-26-12-18-33-15-2-5-20-36(33)39/h1-31H. The van der Waals surface area contributed by atoms with Crippen molar-refractivity contribution in [3.8, 4) is 56.4 Å². The lowest BCUT2D eigenvalue weighted by molar-refractivity contribution is 1.08. The first-order valence-electron chi connectivity index (χ1n) is 18.5. The molecule has 0 amide bonds. The number of aromatic nitrogens is 3. The Morgan fingerprint density at radius 1 is 0.273 bits per heavy atom. The Balaban J connectivity index is 1.24. The lowest BCUT2D eigenvalue weighted by atomic mass is 9.90. The molecule has 9 aromatic carbocycles. The molecule has 55 heavy (non-hydrogen) atoms. The fraction of sp³-hybridized carbons (Fsp3) is 0. The molecule has 256 valence electrons. The van der Waals surface area contributed by atoms with Gasteiger partial charge in [0.15, 0.2) is 17.5 Å². The van der Waals surface area contributed by atoms with Gasteiger partial charge in [0, 0.05) is 36.9 Å². The molecule has 2 aromatic heterocycles. The lowest BCUT2D eigenvalue weighted by Gasteiger charge is -2.17. The average molecular weight is 718 g/mol. The number of rotatable bonds is 5. The molecular formula is C51H31N3S. The molecule has 3 nitrogen and oxygen atoms in total. The van der Waals surface area contributed by atoms with Crippen LogP contribution in [0, 0.1) is 0 Å². The van der Waals surface area contributed by atoms with Crippen LogP contribution in [0.1, 0.15) is 0 Å². The zero-order valence-corrected chi connectivity index (χ0v) is 30.5. The van der Waals surface area contributed by atoms with Gasteiger partial charge in [-0.1, -0.05) is 176 Å². The van der Waals surface area contributed by atoms with Crippen LogP contribution in [0.2, 0.25) is 0 Å². The van der Waals surface area contributed by atoms with E-state index in [1.54, 1.807) is 11.3 Å². The Labute approximate surface area is 321 Å². The molecule has 0 aliphatic rings. The third-order valence-corrected chi connectivity index (χ3v) is 12.0. The smallest absolute Gasteiger partial charge is 0.165 e. The maximum atomic E-state index is 5.49. The van der Waals surface area contributed by atoms with Gasteiger partial charge in [0.25, 0.3) is 0 Å². The third kappa shape index (κ3) is 5.22. The summed E-state index contributed by atoms with van der Waals surface area (Å²) in [5.74, 6) is 1.94. The van der Waals surface area contributed by atoms with Crippen molar-refractivity contribution in [3.63, 3.8) is 0 Å². The molecule has 0 saturated heterocycles. The van der Waals surface area contributed by atoms with Crippen molar-refractivity contribution in [2.75, 3.05) is 0 Å². The van der Waals surface area contributed by atoms with E-state index in [-0.39, 0.29) is 0 Å². The van der Waals surface area contributed by atoms with E-state index < -0.39 is 0 Å². The molecule has 0 atom stereocenters. The molecule has 0 unspecified atom stereocenters. The Morgan fingerprint density at radius 2 is 0.727 bits per heavy atom. The fourth-order valence-electron chi connectivity index (χ4n) is 8.22. The summed E-state index contributed by atoms with van der Waals surface area (Å²) in [6.07, 6.45) is 0. The summed E-state index contributed by atoms with van der Waals surface area (Å²) < 4.78 is 2.41. The summed E-state index contributed by atoms with van der Waals surface area (Å²) in [6, 6.07) is 66.8. The minimum atomic E-state index is 0.637. The summed E-state index contributed by atoms with van der Waals surface area (Å²) in [6.45, 7) is 0. The number of nitrogens with zero attached hydrogens (tertiary/aromatic N) is 3. The minimum absolute atomic E-state index is 0.637. The van der Waals surface area contributed by atoms with Crippen molar-refractivity contribution in [2.45, 2.75) is 0 Å². The maximum absolute atomic E-state index is 5.49. The molecule has 11 aromatic rings. The van der Waals surface area contributed by atoms with Gasteiger partial charge in [-0.05, 0) is 66.7 Å². The second-order valence-electron chi connectivity index (χ2n) is 13.9. The largest absolute Gasteiger partial charge is 0.208 e. The van der Waals surface area contributed by atoms with Gasteiger partial charge in [-0.15, -0.1) is 11.3 Å². The number of thiophene rings is 1. The summed E-state index contributed by atoms with van der Waals surface area (Å²) in [5.41, 5.74) is 7.40. The highest BCUT2D eigenvalue weighted by molar-refractivity contribution is 7.26. The van der Waals surface area contributed by atoms with Crippen molar-refractivity contribution in [2.24, 2.45) is 0 Å². The molecule has 0 saturated carbocycles. The predicted molar refractivity (Wildman–Crippen MR) is 232 cm³/mol. The van der Waals surface area contributed by atoms with Crippen LogP contribution in [0.4, 0.5) is 0 Å². The lowest BCUT2D eigenvalue weighted by Crippen LogP contribution is -2.03. The number of benzene rings is 9. The van der Waals surface area contributed by atoms with E-state index in [0.717, 1.165) is 49.7 Å². The second kappa shape index (κ2) is 12.8. The molecule has 0 aliphatic heterocycles. The molecular weight excluding hydrogens is 687 g/mol. The zero-order chi connectivity index (χ0) is 36.3. The van der Waals surface area contributed by atoms with Crippen molar-refractivity contribution in [1.82, 2.24) is 15.0 Å². The van der Waals surface area contributed by atoms with Crippen LogP contribution in [0.5, 0.6) is 0 Å². The molecule has 0 N–H and O–H groups in total. The molecule has 2 heterocycles. The number of hydrogen-bond acceptors (Lipinski definition) is 4. The molecule has 0 radical (unpaired) electrons. The third-order valence-electron chi connectivity index (χ3n) is 10.8. The fourth-order valence-corrected chi connectivity index (χ4v) is 9.43. The normalized spacial score (nSPS) is 11.6. The minimum Gasteiger partial charge on any atom is -0.208 e. The Bertz CT molecular complexity index is 3280. The van der Waals surface area contributed by atoms with Gasteiger partial charge >= 0.3 is 0 Å². The van der Waals surface area contributed by atoms with Gasteiger partial charge in [0.05, 0.1) is 0 Å². The summed E-state index contributed by atoms with van der Waals surface area (Å²) in [4.78, 5) is 16.4. The van der Waals surface area contributed by atoms with E-state index in [9.17, 15) is 0 Å². The first kappa shape index (κ1) is 31.5.